The Kier molecular flexibility index (Phi) is 7.03. The van der Waals surface area contributed by atoms with Crippen molar-refractivity contribution in [2.24, 2.45) is 0 Å². The van der Waals surface area contributed by atoms with Crippen LogP contribution in [0, 0.1) is 0 Å². The molecule has 0 atom stereocenters. The van der Waals surface area contributed by atoms with Crippen LogP contribution >= 0.6 is 0 Å². The minimum atomic E-state index is -0.919. The highest BCUT2D eigenvalue weighted by molar-refractivity contribution is 5.66. The van der Waals surface area contributed by atoms with Gasteiger partial charge in [-0.25, -0.2) is 0 Å². The van der Waals surface area contributed by atoms with Gasteiger partial charge in [-0.2, -0.15) is 0 Å². The minimum absolute atomic E-state index is 0.0424. The van der Waals surface area contributed by atoms with Crippen molar-refractivity contribution >= 4 is 5.97 Å². The van der Waals surface area contributed by atoms with Crippen molar-refractivity contribution in [2.75, 3.05) is 27.3 Å². The van der Waals surface area contributed by atoms with E-state index in [1.54, 1.807) is 16.5 Å². The van der Waals surface area contributed by atoms with Crippen LogP contribution in [-0.2, 0) is 29.2 Å². The van der Waals surface area contributed by atoms with Gasteiger partial charge in [-0.05, 0) is 7.05 Å². The summed E-state index contributed by atoms with van der Waals surface area (Å²) in [5.41, 5.74) is 0.141. The van der Waals surface area contributed by atoms with Gasteiger partial charge in [0.25, 0.3) is 0 Å². The third kappa shape index (κ3) is 4.83. The zero-order valence-electron chi connectivity index (χ0n) is 12.8. The molecule has 1 aromatic rings. The fraction of sp³-hybridized carbons (Fsp3) is 0.571. The first kappa shape index (κ1) is 18.1. The highest BCUT2D eigenvalue weighted by atomic mass is 16.5. The Labute approximate surface area is 128 Å². The number of carboxylic acid groups (broad SMARTS) is 1. The smallest absolute Gasteiger partial charge is 0.304 e. The number of carboxylic acids is 1. The molecule has 0 fully saturated rings. The monoisotopic (exact) mass is 314 g/mol. The zero-order valence-corrected chi connectivity index (χ0v) is 12.8. The number of ether oxygens (including phenoxy) is 1. The van der Waals surface area contributed by atoms with E-state index in [1.165, 1.54) is 13.2 Å². The minimum Gasteiger partial charge on any atom is -0.503 e. The van der Waals surface area contributed by atoms with Crippen molar-refractivity contribution in [3.8, 4) is 5.75 Å². The summed E-state index contributed by atoms with van der Waals surface area (Å²) >= 11 is 0. The first-order chi connectivity index (χ1) is 10.4. The second-order valence-corrected chi connectivity index (χ2v) is 4.98. The molecular weight excluding hydrogens is 292 g/mol. The fourth-order valence-electron chi connectivity index (χ4n) is 2.11. The summed E-state index contributed by atoms with van der Waals surface area (Å²) in [7, 11) is 3.22. The molecule has 3 N–H and O–H groups in total. The second-order valence-electron chi connectivity index (χ2n) is 4.98. The molecule has 0 spiro atoms. The summed E-state index contributed by atoms with van der Waals surface area (Å²) in [6.07, 6.45) is -0.0424. The molecule has 0 radical (unpaired) electrons. The van der Waals surface area contributed by atoms with Gasteiger partial charge in [0.1, 0.15) is 0 Å². The molecule has 124 valence electrons. The first-order valence-electron chi connectivity index (χ1n) is 6.85. The van der Waals surface area contributed by atoms with Crippen LogP contribution in [0.4, 0.5) is 0 Å². The largest absolute Gasteiger partial charge is 0.503 e. The average Bonchev–Trinajstić information content (AvgIpc) is 2.48. The van der Waals surface area contributed by atoms with E-state index < -0.39 is 17.1 Å². The van der Waals surface area contributed by atoms with E-state index in [0.717, 1.165) is 0 Å². The van der Waals surface area contributed by atoms with Crippen LogP contribution in [0.25, 0.3) is 0 Å². The molecule has 8 heteroatoms. The van der Waals surface area contributed by atoms with Gasteiger partial charge in [0.05, 0.1) is 25.3 Å². The summed E-state index contributed by atoms with van der Waals surface area (Å²) in [6.45, 7) is 0.830. The molecule has 0 bridgehead atoms. The maximum Gasteiger partial charge on any atom is 0.304 e. The normalized spacial score (nSPS) is 11.1. The maximum atomic E-state index is 11.8. The Bertz CT molecular complexity index is 569. The molecule has 1 rings (SSSR count). The number of hydrogen-bond donors (Lipinski definition) is 3. The van der Waals surface area contributed by atoms with Gasteiger partial charge in [-0.3, -0.25) is 14.5 Å². The number of aliphatic hydroxyl groups excluding tert-OH is 1. The third-order valence-electron chi connectivity index (χ3n) is 3.29. The van der Waals surface area contributed by atoms with Crippen molar-refractivity contribution in [3.05, 3.63) is 27.7 Å². The lowest BCUT2D eigenvalue weighted by Gasteiger charge is -2.22. The van der Waals surface area contributed by atoms with E-state index in [4.69, 9.17) is 9.84 Å². The molecule has 0 aliphatic rings. The zero-order chi connectivity index (χ0) is 16.7. The van der Waals surface area contributed by atoms with Crippen molar-refractivity contribution in [3.63, 3.8) is 0 Å². The SMILES string of the molecule is COCCn1c(CO)cc(=O)c(O)c1CN(C)CCC(=O)O. The molecule has 1 heterocycles. The van der Waals surface area contributed by atoms with Crippen LogP contribution in [0.3, 0.4) is 0 Å². The van der Waals surface area contributed by atoms with E-state index in [2.05, 4.69) is 0 Å². The standard InChI is InChI=1S/C14H22N2O6/c1-15(4-3-13(19)20)8-11-14(21)12(18)7-10(9-17)16(11)5-6-22-2/h7,17,21H,3-6,8-9H2,1-2H3,(H,19,20). The molecular formula is C14H22N2O6. The van der Waals surface area contributed by atoms with Crippen molar-refractivity contribution in [2.45, 2.75) is 26.1 Å². The topological polar surface area (TPSA) is 112 Å². The van der Waals surface area contributed by atoms with Gasteiger partial charge < -0.3 is 24.6 Å². The van der Waals surface area contributed by atoms with E-state index in [1.807, 2.05) is 0 Å². The molecule has 0 saturated carbocycles. The van der Waals surface area contributed by atoms with E-state index in [0.29, 0.717) is 24.5 Å². The van der Waals surface area contributed by atoms with Crippen LogP contribution < -0.4 is 5.43 Å². The molecule has 0 amide bonds. The number of rotatable bonds is 9. The predicted octanol–water partition coefficient (Wildman–Crippen LogP) is -0.401. The number of nitrogens with zero attached hydrogens (tertiary/aromatic N) is 2. The van der Waals surface area contributed by atoms with Crippen LogP contribution in [0.1, 0.15) is 17.8 Å². The number of aliphatic hydroxyl groups is 1. The summed E-state index contributed by atoms with van der Waals surface area (Å²) in [5.74, 6) is -1.31. The Hall–Kier alpha value is -1.90. The number of hydrogen-bond acceptors (Lipinski definition) is 6. The number of aliphatic carboxylic acids is 1. The van der Waals surface area contributed by atoms with Gasteiger partial charge >= 0.3 is 5.97 Å². The van der Waals surface area contributed by atoms with E-state index in [-0.39, 0.29) is 26.1 Å². The number of pyridine rings is 1. The number of methoxy groups -OCH3 is 1. The average molecular weight is 314 g/mol. The van der Waals surface area contributed by atoms with E-state index >= 15 is 0 Å². The third-order valence-corrected chi connectivity index (χ3v) is 3.29. The molecule has 0 saturated heterocycles. The molecule has 1 aromatic heterocycles. The van der Waals surface area contributed by atoms with Crippen LogP contribution in [-0.4, -0.2) is 58.1 Å². The van der Waals surface area contributed by atoms with Gasteiger partial charge in [0.2, 0.25) is 5.43 Å². The highest BCUT2D eigenvalue weighted by Gasteiger charge is 2.16. The number of carbonyl (C=O) groups is 1. The summed E-state index contributed by atoms with van der Waals surface area (Å²) < 4.78 is 6.62. The number of aromatic hydroxyl groups is 1. The Balaban J connectivity index is 3.10. The van der Waals surface area contributed by atoms with Gasteiger partial charge in [-0.15, -0.1) is 0 Å². The van der Waals surface area contributed by atoms with Gasteiger partial charge in [0.15, 0.2) is 5.75 Å². The molecule has 0 unspecified atom stereocenters. The van der Waals surface area contributed by atoms with Gasteiger partial charge in [0, 0.05) is 38.5 Å². The van der Waals surface area contributed by atoms with Gasteiger partial charge in [-0.1, -0.05) is 0 Å². The summed E-state index contributed by atoms with van der Waals surface area (Å²) in [6, 6.07) is 1.19. The quantitative estimate of drug-likeness (QED) is 0.568. The Morgan fingerprint density at radius 3 is 2.68 bits per heavy atom. The molecule has 22 heavy (non-hydrogen) atoms. The Morgan fingerprint density at radius 1 is 1.45 bits per heavy atom. The second kappa shape index (κ2) is 8.52. The lowest BCUT2D eigenvalue weighted by molar-refractivity contribution is -0.137. The van der Waals surface area contributed by atoms with Crippen LogP contribution in [0.2, 0.25) is 0 Å². The van der Waals surface area contributed by atoms with Crippen LogP contribution in [0.15, 0.2) is 10.9 Å². The summed E-state index contributed by atoms with van der Waals surface area (Å²) in [5, 5.41) is 28.1. The van der Waals surface area contributed by atoms with Crippen molar-refractivity contribution in [1.29, 1.82) is 0 Å². The van der Waals surface area contributed by atoms with Crippen molar-refractivity contribution in [1.82, 2.24) is 9.47 Å². The lowest BCUT2D eigenvalue weighted by atomic mass is 10.2. The predicted molar refractivity (Wildman–Crippen MR) is 78.8 cm³/mol. The first-order valence-corrected chi connectivity index (χ1v) is 6.85. The Morgan fingerprint density at radius 2 is 2.14 bits per heavy atom. The van der Waals surface area contributed by atoms with E-state index in [9.17, 15) is 19.8 Å². The highest BCUT2D eigenvalue weighted by Crippen LogP contribution is 2.17. The molecule has 0 aliphatic carbocycles. The van der Waals surface area contributed by atoms with Crippen molar-refractivity contribution < 1.29 is 24.9 Å². The number of aromatic nitrogens is 1. The molecule has 8 nitrogen and oxygen atoms in total. The van der Waals surface area contributed by atoms with Crippen LogP contribution in [0.5, 0.6) is 5.75 Å². The molecule has 0 aromatic carbocycles. The maximum absolute atomic E-state index is 11.8. The lowest BCUT2D eigenvalue weighted by Crippen LogP contribution is -2.27. The molecule has 0 aliphatic heterocycles. The summed E-state index contributed by atoms with van der Waals surface area (Å²) in [4.78, 5) is 24.1. The fourth-order valence-corrected chi connectivity index (χ4v) is 2.11.